The van der Waals surface area contributed by atoms with Gasteiger partial charge in [0, 0.05) is 19.0 Å². The van der Waals surface area contributed by atoms with Crippen molar-refractivity contribution in [1.82, 2.24) is 5.06 Å². The van der Waals surface area contributed by atoms with E-state index in [9.17, 15) is 10.2 Å². The van der Waals surface area contributed by atoms with Gasteiger partial charge in [0.2, 0.25) is 0 Å². The fraction of sp³-hybridized carbons (Fsp3) is 1.00. The minimum atomic E-state index is -0.295. The van der Waals surface area contributed by atoms with E-state index >= 15 is 0 Å². The van der Waals surface area contributed by atoms with Crippen LogP contribution < -0.4 is 0 Å². The Balaban J connectivity index is 1.72. The number of aliphatic hydroxyl groups excluding tert-OH is 2. The molecule has 0 bridgehead atoms. The highest BCUT2D eigenvalue weighted by Crippen LogP contribution is 2.58. The first-order valence-corrected chi connectivity index (χ1v) is 9.91. The lowest BCUT2D eigenvalue weighted by Crippen LogP contribution is -2.43. The number of nitrogens with zero attached hydrogens (tertiary/aromatic N) is 1. The molecule has 2 saturated carbocycles. The third kappa shape index (κ3) is 2.94. The van der Waals surface area contributed by atoms with E-state index < -0.39 is 0 Å². The van der Waals surface area contributed by atoms with Gasteiger partial charge in [-0.3, -0.25) is 4.84 Å². The minimum Gasteiger partial charge on any atom is -0.396 e. The van der Waals surface area contributed by atoms with Crippen LogP contribution in [-0.2, 0) is 4.84 Å². The monoisotopic (exact) mass is 339 g/mol. The topological polar surface area (TPSA) is 52.9 Å². The van der Waals surface area contributed by atoms with Gasteiger partial charge in [0.25, 0.3) is 0 Å². The first-order chi connectivity index (χ1) is 11.2. The van der Waals surface area contributed by atoms with E-state index in [4.69, 9.17) is 4.84 Å². The van der Waals surface area contributed by atoms with Gasteiger partial charge in [-0.1, -0.05) is 20.3 Å². The Morgan fingerprint density at radius 2 is 1.92 bits per heavy atom. The van der Waals surface area contributed by atoms with Crippen molar-refractivity contribution in [1.29, 1.82) is 0 Å². The van der Waals surface area contributed by atoms with E-state index in [-0.39, 0.29) is 30.3 Å². The van der Waals surface area contributed by atoms with Gasteiger partial charge in [-0.05, 0) is 69.1 Å². The van der Waals surface area contributed by atoms with E-state index in [1.165, 1.54) is 19.3 Å². The van der Waals surface area contributed by atoms with Crippen LogP contribution >= 0.6 is 0 Å². The molecule has 0 radical (unpaired) electrons. The third-order valence-electron chi connectivity index (χ3n) is 7.86. The average molecular weight is 340 g/mol. The zero-order valence-electron chi connectivity index (χ0n) is 16.2. The minimum absolute atomic E-state index is 0.0949. The van der Waals surface area contributed by atoms with Crippen molar-refractivity contribution in [3.8, 4) is 0 Å². The molecule has 1 aliphatic heterocycles. The summed E-state index contributed by atoms with van der Waals surface area (Å²) in [6, 6.07) is 0.274. The zero-order chi connectivity index (χ0) is 17.7. The van der Waals surface area contributed by atoms with Crippen molar-refractivity contribution in [2.75, 3.05) is 13.7 Å². The Morgan fingerprint density at radius 3 is 2.58 bits per heavy atom. The highest BCUT2D eigenvalue weighted by atomic mass is 16.7. The summed E-state index contributed by atoms with van der Waals surface area (Å²) in [5.41, 5.74) is -0.00359. The molecular formula is C20H37NO3. The summed E-state index contributed by atoms with van der Waals surface area (Å²) in [6.45, 7) is 9.15. The Kier molecular flexibility index (Phi) is 5.07. The SMILES string of the molecule is C[C@H](C[C@H]1[C@H](CO)C(C)(C)ON1C)[C@H]1CC[C@H]2[C@@H](O)CCC[C@]12C. The highest BCUT2D eigenvalue weighted by Gasteiger charge is 2.54. The lowest BCUT2D eigenvalue weighted by molar-refractivity contribution is -0.181. The summed E-state index contributed by atoms with van der Waals surface area (Å²) in [6.07, 6.45) is 6.80. The largest absolute Gasteiger partial charge is 0.396 e. The van der Waals surface area contributed by atoms with Gasteiger partial charge in [-0.25, -0.2) is 0 Å². The fourth-order valence-corrected chi connectivity index (χ4v) is 6.55. The van der Waals surface area contributed by atoms with Crippen LogP contribution in [0.15, 0.2) is 0 Å². The van der Waals surface area contributed by atoms with Gasteiger partial charge >= 0.3 is 0 Å². The van der Waals surface area contributed by atoms with Gasteiger partial charge in [-0.2, -0.15) is 5.06 Å². The normalized spacial score (nSPS) is 46.9. The van der Waals surface area contributed by atoms with Gasteiger partial charge in [-0.15, -0.1) is 0 Å². The molecule has 4 nitrogen and oxygen atoms in total. The Morgan fingerprint density at radius 1 is 1.21 bits per heavy atom. The maximum atomic E-state index is 10.5. The second-order valence-corrected chi connectivity index (χ2v) is 9.57. The predicted octanol–water partition coefficient (Wildman–Crippen LogP) is 3.22. The summed E-state index contributed by atoms with van der Waals surface area (Å²) in [4.78, 5) is 6.01. The molecule has 3 aliphatic rings. The quantitative estimate of drug-likeness (QED) is 0.826. The molecule has 1 saturated heterocycles. The van der Waals surface area contributed by atoms with E-state index in [1.807, 2.05) is 12.1 Å². The molecular weight excluding hydrogens is 302 g/mol. The van der Waals surface area contributed by atoms with Crippen LogP contribution in [-0.4, -0.2) is 46.7 Å². The van der Waals surface area contributed by atoms with Gasteiger partial charge < -0.3 is 10.2 Å². The molecule has 3 rings (SSSR count). The third-order valence-corrected chi connectivity index (χ3v) is 7.86. The molecule has 0 amide bonds. The fourth-order valence-electron chi connectivity index (χ4n) is 6.55. The molecule has 1 heterocycles. The van der Waals surface area contributed by atoms with Crippen molar-refractivity contribution in [3.05, 3.63) is 0 Å². The molecule has 0 unspecified atom stereocenters. The molecule has 2 N–H and O–H groups in total. The molecule has 2 aliphatic carbocycles. The number of fused-ring (bicyclic) bond motifs is 1. The molecule has 0 aromatic carbocycles. The predicted molar refractivity (Wildman–Crippen MR) is 95.3 cm³/mol. The Bertz CT molecular complexity index is 454. The van der Waals surface area contributed by atoms with Crippen molar-refractivity contribution in [2.45, 2.75) is 84.0 Å². The number of hydrogen-bond acceptors (Lipinski definition) is 4. The first kappa shape index (κ1) is 18.6. The van der Waals surface area contributed by atoms with E-state index in [2.05, 4.69) is 27.7 Å². The summed E-state index contributed by atoms with van der Waals surface area (Å²) < 4.78 is 0. The second-order valence-electron chi connectivity index (χ2n) is 9.57. The molecule has 140 valence electrons. The zero-order valence-corrected chi connectivity index (χ0v) is 16.2. The number of hydrogen-bond donors (Lipinski definition) is 2. The summed E-state index contributed by atoms with van der Waals surface area (Å²) >= 11 is 0. The van der Waals surface area contributed by atoms with Crippen LogP contribution in [0.25, 0.3) is 0 Å². The van der Waals surface area contributed by atoms with Crippen LogP contribution in [0.1, 0.15) is 66.2 Å². The summed E-state index contributed by atoms with van der Waals surface area (Å²) in [5, 5.41) is 22.3. The van der Waals surface area contributed by atoms with E-state index in [1.54, 1.807) is 0 Å². The van der Waals surface area contributed by atoms with Crippen molar-refractivity contribution >= 4 is 0 Å². The smallest absolute Gasteiger partial charge is 0.0909 e. The summed E-state index contributed by atoms with van der Waals surface area (Å²) in [5.74, 6) is 1.91. The molecule has 7 atom stereocenters. The average Bonchev–Trinajstić information content (AvgIpc) is 2.94. The standard InChI is InChI=1S/C20H37NO3/c1-13(11-17-16(12-22)19(2,3)24-21(17)5)14-8-9-15-18(23)7-6-10-20(14,15)4/h13-18,22-23H,6-12H2,1-5H3/t13-,14-,15+,16+,17+,18+,20-/m1/s1. The number of rotatable bonds is 4. The molecule has 0 aromatic rings. The van der Waals surface area contributed by atoms with E-state index in [0.717, 1.165) is 19.3 Å². The summed E-state index contributed by atoms with van der Waals surface area (Å²) in [7, 11) is 2.01. The van der Waals surface area contributed by atoms with E-state index in [0.29, 0.717) is 23.2 Å². The molecule has 4 heteroatoms. The van der Waals surface area contributed by atoms with Crippen LogP contribution in [0, 0.1) is 29.1 Å². The maximum Gasteiger partial charge on any atom is 0.0909 e. The maximum absolute atomic E-state index is 10.5. The van der Waals surface area contributed by atoms with Gasteiger partial charge in [0.1, 0.15) is 0 Å². The van der Waals surface area contributed by atoms with Crippen molar-refractivity contribution in [3.63, 3.8) is 0 Å². The molecule has 0 aromatic heterocycles. The lowest BCUT2D eigenvalue weighted by atomic mass is 9.61. The van der Waals surface area contributed by atoms with Crippen LogP contribution in [0.5, 0.6) is 0 Å². The van der Waals surface area contributed by atoms with Gasteiger partial charge in [0.15, 0.2) is 0 Å². The molecule has 3 fully saturated rings. The number of hydroxylamine groups is 2. The first-order valence-electron chi connectivity index (χ1n) is 9.91. The lowest BCUT2D eigenvalue weighted by Gasteiger charge is -2.45. The van der Waals surface area contributed by atoms with Crippen LogP contribution in [0.3, 0.4) is 0 Å². The highest BCUT2D eigenvalue weighted by molar-refractivity contribution is 5.03. The van der Waals surface area contributed by atoms with Crippen molar-refractivity contribution in [2.24, 2.45) is 29.1 Å². The second kappa shape index (κ2) is 6.53. The molecule has 24 heavy (non-hydrogen) atoms. The van der Waals surface area contributed by atoms with Gasteiger partial charge in [0.05, 0.1) is 18.3 Å². The number of aliphatic hydroxyl groups is 2. The molecule has 0 spiro atoms. The van der Waals surface area contributed by atoms with Crippen molar-refractivity contribution < 1.29 is 15.1 Å². The van der Waals surface area contributed by atoms with Crippen LogP contribution in [0.2, 0.25) is 0 Å². The Labute approximate surface area is 147 Å². The van der Waals surface area contributed by atoms with Crippen LogP contribution in [0.4, 0.5) is 0 Å². The Hall–Kier alpha value is -0.160.